The largest absolute Gasteiger partial charge is 0.464 e. The Balaban J connectivity index is 0.00000196. The van der Waals surface area contributed by atoms with E-state index in [2.05, 4.69) is 31.7 Å². The maximum Gasteiger partial charge on any atom is 0.358 e. The number of fused-ring (bicyclic) bond motifs is 1. The van der Waals surface area contributed by atoms with Gasteiger partial charge in [-0.25, -0.2) is 14.8 Å². The van der Waals surface area contributed by atoms with E-state index < -0.39 is 5.97 Å². The fourth-order valence-corrected chi connectivity index (χ4v) is 3.70. The van der Waals surface area contributed by atoms with Crippen molar-refractivity contribution in [3.63, 3.8) is 0 Å². The van der Waals surface area contributed by atoms with Crippen LogP contribution in [0.4, 0.5) is 0 Å². The van der Waals surface area contributed by atoms with Crippen LogP contribution < -0.4 is 4.74 Å². The summed E-state index contributed by atoms with van der Waals surface area (Å²) < 4.78 is 10.4. The molecular formula is C20H25N3O3. The van der Waals surface area contributed by atoms with Gasteiger partial charge in [-0.3, -0.25) is 4.90 Å². The number of likely N-dealkylation sites (tertiary alicyclic amines) is 1. The van der Waals surface area contributed by atoms with Crippen molar-refractivity contribution in [3.05, 3.63) is 47.4 Å². The Morgan fingerprint density at radius 2 is 1.88 bits per heavy atom. The van der Waals surface area contributed by atoms with Gasteiger partial charge in [-0.1, -0.05) is 13.5 Å². The molecule has 1 fully saturated rings. The van der Waals surface area contributed by atoms with Crippen LogP contribution in [0.25, 0.3) is 0 Å². The summed E-state index contributed by atoms with van der Waals surface area (Å²) in [4.78, 5) is 22.1. The highest BCUT2D eigenvalue weighted by Gasteiger charge is 2.28. The van der Waals surface area contributed by atoms with Gasteiger partial charge in [-0.05, 0) is 62.0 Å². The molecule has 6 nitrogen and oxygen atoms in total. The molecule has 0 spiro atoms. The lowest BCUT2D eigenvalue weighted by atomic mass is 10.1. The predicted octanol–water partition coefficient (Wildman–Crippen LogP) is 3.25. The molecule has 0 saturated carbocycles. The SMILES string of the molecule is C.COC(=O)c1cnc(Oc2ccc3c(c2)CC(N2CCCC2)C3)cn1. The van der Waals surface area contributed by atoms with Gasteiger partial charge >= 0.3 is 5.97 Å². The lowest BCUT2D eigenvalue weighted by Gasteiger charge is -2.22. The van der Waals surface area contributed by atoms with E-state index >= 15 is 0 Å². The average Bonchev–Trinajstić information content (AvgIpc) is 3.30. The second kappa shape index (κ2) is 7.83. The Kier molecular flexibility index (Phi) is 5.52. The number of benzene rings is 1. The van der Waals surface area contributed by atoms with Crippen LogP contribution >= 0.6 is 0 Å². The Bertz CT molecular complexity index is 770. The summed E-state index contributed by atoms with van der Waals surface area (Å²) in [5, 5.41) is 0. The molecule has 4 rings (SSSR count). The number of methoxy groups -OCH3 is 1. The number of hydrogen-bond donors (Lipinski definition) is 0. The zero-order valence-electron chi connectivity index (χ0n) is 14.3. The fourth-order valence-electron chi connectivity index (χ4n) is 3.70. The van der Waals surface area contributed by atoms with Crippen molar-refractivity contribution in [2.45, 2.75) is 39.2 Å². The van der Waals surface area contributed by atoms with Crippen molar-refractivity contribution >= 4 is 5.97 Å². The minimum Gasteiger partial charge on any atom is -0.464 e. The molecule has 138 valence electrons. The number of ether oxygens (including phenoxy) is 2. The van der Waals surface area contributed by atoms with Crippen molar-refractivity contribution in [3.8, 4) is 11.6 Å². The number of rotatable bonds is 4. The highest BCUT2D eigenvalue weighted by molar-refractivity contribution is 5.86. The van der Waals surface area contributed by atoms with E-state index in [1.54, 1.807) is 0 Å². The highest BCUT2D eigenvalue weighted by Crippen LogP contribution is 2.31. The molecule has 1 aliphatic heterocycles. The minimum absolute atomic E-state index is 0. The summed E-state index contributed by atoms with van der Waals surface area (Å²) in [7, 11) is 1.31. The molecule has 1 atom stereocenters. The normalized spacial score (nSPS) is 18.9. The van der Waals surface area contributed by atoms with E-state index in [1.807, 2.05) is 6.07 Å². The first-order chi connectivity index (χ1) is 12.2. The Morgan fingerprint density at radius 1 is 1.12 bits per heavy atom. The molecule has 2 heterocycles. The van der Waals surface area contributed by atoms with Gasteiger partial charge in [0.1, 0.15) is 5.75 Å². The Labute approximate surface area is 154 Å². The maximum atomic E-state index is 11.4. The van der Waals surface area contributed by atoms with Gasteiger partial charge in [0.25, 0.3) is 0 Å². The lowest BCUT2D eigenvalue weighted by molar-refractivity contribution is 0.0593. The van der Waals surface area contributed by atoms with Crippen LogP contribution in [0.5, 0.6) is 11.6 Å². The van der Waals surface area contributed by atoms with Crippen LogP contribution in [0, 0.1) is 0 Å². The molecule has 1 aliphatic carbocycles. The van der Waals surface area contributed by atoms with Crippen molar-refractivity contribution in [2.24, 2.45) is 0 Å². The standard InChI is InChI=1S/C19H21N3O3.CH4/c1-24-19(23)17-11-21-18(12-20-17)25-16-5-4-13-8-15(9-14(13)10-16)22-6-2-3-7-22;/h4-5,10-12,15H,2-3,6-9H2,1H3;1H4. The fraction of sp³-hybridized carbons (Fsp3) is 0.450. The van der Waals surface area contributed by atoms with Crippen LogP contribution in [0.2, 0.25) is 0 Å². The molecule has 2 aromatic rings. The monoisotopic (exact) mass is 355 g/mol. The molecule has 26 heavy (non-hydrogen) atoms. The van der Waals surface area contributed by atoms with Gasteiger partial charge in [0.05, 0.1) is 19.5 Å². The van der Waals surface area contributed by atoms with E-state index in [4.69, 9.17) is 4.74 Å². The van der Waals surface area contributed by atoms with Gasteiger partial charge in [0.15, 0.2) is 5.69 Å². The average molecular weight is 355 g/mol. The molecule has 0 amide bonds. The quantitative estimate of drug-likeness (QED) is 0.785. The van der Waals surface area contributed by atoms with E-state index in [9.17, 15) is 4.79 Å². The Hall–Kier alpha value is -2.47. The lowest BCUT2D eigenvalue weighted by Crippen LogP contribution is -2.33. The summed E-state index contributed by atoms with van der Waals surface area (Å²) in [6.07, 6.45) is 7.65. The van der Waals surface area contributed by atoms with E-state index in [0.29, 0.717) is 11.9 Å². The van der Waals surface area contributed by atoms with Crippen LogP contribution in [-0.2, 0) is 17.6 Å². The van der Waals surface area contributed by atoms with Crippen molar-refractivity contribution in [1.82, 2.24) is 14.9 Å². The van der Waals surface area contributed by atoms with E-state index in [0.717, 1.165) is 18.6 Å². The van der Waals surface area contributed by atoms with Crippen molar-refractivity contribution in [1.29, 1.82) is 0 Å². The van der Waals surface area contributed by atoms with Crippen LogP contribution in [0.15, 0.2) is 30.6 Å². The van der Waals surface area contributed by atoms with Gasteiger partial charge in [0.2, 0.25) is 5.88 Å². The molecule has 0 radical (unpaired) electrons. The molecule has 1 aromatic heterocycles. The number of carbonyl (C=O) groups excluding carboxylic acids is 1. The molecule has 0 bridgehead atoms. The first-order valence-corrected chi connectivity index (χ1v) is 8.67. The third-order valence-corrected chi connectivity index (χ3v) is 4.99. The summed E-state index contributed by atoms with van der Waals surface area (Å²) in [5.74, 6) is 0.604. The minimum atomic E-state index is -0.510. The van der Waals surface area contributed by atoms with Crippen molar-refractivity contribution in [2.75, 3.05) is 20.2 Å². The molecule has 2 aliphatic rings. The molecular weight excluding hydrogens is 330 g/mol. The number of aromatic nitrogens is 2. The van der Waals surface area contributed by atoms with Gasteiger partial charge < -0.3 is 9.47 Å². The van der Waals surface area contributed by atoms with Crippen LogP contribution in [0.3, 0.4) is 0 Å². The third kappa shape index (κ3) is 3.70. The number of carbonyl (C=O) groups is 1. The third-order valence-electron chi connectivity index (χ3n) is 4.99. The number of hydrogen-bond acceptors (Lipinski definition) is 6. The molecule has 1 saturated heterocycles. The summed E-state index contributed by atoms with van der Waals surface area (Å²) >= 11 is 0. The summed E-state index contributed by atoms with van der Waals surface area (Å²) in [6.45, 7) is 2.45. The zero-order chi connectivity index (χ0) is 17.2. The molecule has 0 N–H and O–H groups in total. The second-order valence-corrected chi connectivity index (χ2v) is 6.57. The van der Waals surface area contributed by atoms with Crippen molar-refractivity contribution < 1.29 is 14.3 Å². The van der Waals surface area contributed by atoms with Crippen LogP contribution in [0.1, 0.15) is 41.9 Å². The summed E-state index contributed by atoms with van der Waals surface area (Å²) in [6, 6.07) is 6.85. The maximum absolute atomic E-state index is 11.4. The van der Waals surface area contributed by atoms with E-state index in [-0.39, 0.29) is 13.1 Å². The first kappa shape index (κ1) is 18.3. The van der Waals surface area contributed by atoms with Crippen LogP contribution in [-0.4, -0.2) is 47.1 Å². The van der Waals surface area contributed by atoms with Gasteiger partial charge in [-0.2, -0.15) is 0 Å². The number of esters is 1. The van der Waals surface area contributed by atoms with E-state index in [1.165, 1.54) is 56.6 Å². The number of nitrogens with zero attached hydrogens (tertiary/aromatic N) is 3. The predicted molar refractivity (Wildman–Crippen MR) is 98.6 cm³/mol. The molecule has 1 aromatic carbocycles. The zero-order valence-corrected chi connectivity index (χ0v) is 14.3. The Morgan fingerprint density at radius 3 is 2.58 bits per heavy atom. The summed E-state index contributed by atoms with van der Waals surface area (Å²) in [5.41, 5.74) is 2.93. The van der Waals surface area contributed by atoms with Gasteiger partial charge in [0, 0.05) is 6.04 Å². The smallest absolute Gasteiger partial charge is 0.358 e. The molecule has 1 unspecified atom stereocenters. The topological polar surface area (TPSA) is 64.6 Å². The molecule has 6 heteroatoms. The second-order valence-electron chi connectivity index (χ2n) is 6.57. The first-order valence-electron chi connectivity index (χ1n) is 8.67. The van der Waals surface area contributed by atoms with Gasteiger partial charge in [-0.15, -0.1) is 0 Å². The highest BCUT2D eigenvalue weighted by atomic mass is 16.5.